The average molecular weight is 271 g/mol. The molecule has 0 saturated carbocycles. The summed E-state index contributed by atoms with van der Waals surface area (Å²) >= 11 is 11.7. The highest BCUT2D eigenvalue weighted by Gasteiger charge is 2.17. The summed E-state index contributed by atoms with van der Waals surface area (Å²) in [6.45, 7) is 1.87. The maximum atomic E-state index is 9.56. The molecule has 2 nitrogen and oxygen atoms in total. The summed E-state index contributed by atoms with van der Waals surface area (Å²) < 4.78 is 0. The van der Waals surface area contributed by atoms with Gasteiger partial charge in [0.2, 0.25) is 0 Å². The van der Waals surface area contributed by atoms with Crippen molar-refractivity contribution in [1.82, 2.24) is 0 Å². The van der Waals surface area contributed by atoms with Crippen LogP contribution < -0.4 is 5.73 Å². The monoisotopic (exact) mass is 269 g/mol. The van der Waals surface area contributed by atoms with Crippen LogP contribution in [-0.2, 0) is 0 Å². The Hall–Kier alpha value is 0.01000. The van der Waals surface area contributed by atoms with E-state index in [1.54, 1.807) is 18.2 Å². The quantitative estimate of drug-likeness (QED) is 0.886. The van der Waals surface area contributed by atoms with Gasteiger partial charge in [-0.25, -0.2) is 0 Å². The summed E-state index contributed by atoms with van der Waals surface area (Å²) in [6.07, 6.45) is 0.0220. The summed E-state index contributed by atoms with van der Waals surface area (Å²) in [5.41, 5.74) is 6.55. The van der Waals surface area contributed by atoms with Gasteiger partial charge in [-0.1, -0.05) is 36.2 Å². The highest BCUT2D eigenvalue weighted by Crippen LogP contribution is 2.27. The minimum atomic E-state index is -0.575. The van der Waals surface area contributed by atoms with Crippen LogP contribution in [0.3, 0.4) is 0 Å². The second-order valence-corrected chi connectivity index (χ2v) is 4.01. The molecule has 0 bridgehead atoms. The van der Waals surface area contributed by atoms with Crippen LogP contribution in [0.25, 0.3) is 0 Å². The number of aliphatic hydroxyl groups is 1. The molecule has 0 heterocycles. The highest BCUT2D eigenvalue weighted by atomic mass is 35.5. The van der Waals surface area contributed by atoms with E-state index in [2.05, 4.69) is 0 Å². The summed E-state index contributed by atoms with van der Waals surface area (Å²) in [4.78, 5) is 0. The topological polar surface area (TPSA) is 46.2 Å². The summed E-state index contributed by atoms with van der Waals surface area (Å²) in [7, 11) is 0. The number of hydrogen-bond acceptors (Lipinski definition) is 2. The van der Waals surface area contributed by atoms with Gasteiger partial charge in [-0.3, -0.25) is 0 Å². The lowest BCUT2D eigenvalue weighted by Gasteiger charge is -2.18. The smallest absolute Gasteiger partial charge is 0.0730 e. The lowest BCUT2D eigenvalue weighted by atomic mass is 10.0. The molecule has 5 heteroatoms. The third-order valence-corrected chi connectivity index (χ3v) is 2.72. The van der Waals surface area contributed by atoms with Gasteiger partial charge in [0.05, 0.1) is 12.1 Å². The van der Waals surface area contributed by atoms with Crippen molar-refractivity contribution in [3.05, 3.63) is 33.8 Å². The minimum absolute atomic E-state index is 0. The fraction of sp³-hybridized carbons (Fsp3) is 0.400. The van der Waals surface area contributed by atoms with Gasteiger partial charge in [0.15, 0.2) is 0 Å². The van der Waals surface area contributed by atoms with E-state index in [9.17, 15) is 5.11 Å². The van der Waals surface area contributed by atoms with Crippen molar-refractivity contribution in [2.45, 2.75) is 25.5 Å². The van der Waals surface area contributed by atoms with Crippen molar-refractivity contribution < 1.29 is 5.11 Å². The van der Waals surface area contributed by atoms with Crippen molar-refractivity contribution >= 4 is 35.6 Å². The van der Waals surface area contributed by atoms with E-state index < -0.39 is 12.1 Å². The molecule has 0 spiro atoms. The lowest BCUT2D eigenvalue weighted by molar-refractivity contribution is 0.141. The molecule has 0 fully saturated rings. The van der Waals surface area contributed by atoms with Crippen LogP contribution in [0.1, 0.15) is 24.9 Å². The number of benzene rings is 1. The van der Waals surface area contributed by atoms with E-state index in [0.717, 1.165) is 5.56 Å². The fourth-order valence-electron chi connectivity index (χ4n) is 1.23. The molecular formula is C10H14Cl3NO. The molecular weight excluding hydrogens is 256 g/mol. The van der Waals surface area contributed by atoms with E-state index in [-0.39, 0.29) is 12.4 Å². The zero-order valence-electron chi connectivity index (χ0n) is 8.28. The van der Waals surface area contributed by atoms with Gasteiger partial charge >= 0.3 is 0 Å². The van der Waals surface area contributed by atoms with Gasteiger partial charge in [-0.15, -0.1) is 12.4 Å². The Kier molecular flexibility index (Phi) is 6.57. The van der Waals surface area contributed by atoms with Gasteiger partial charge in [-0.05, 0) is 24.1 Å². The zero-order chi connectivity index (χ0) is 10.7. The minimum Gasteiger partial charge on any atom is -0.391 e. The standard InChI is InChI=1S/C10H13Cl2NO.ClH/c1-2-9(14)10(13)7-4-3-6(11)5-8(7)12;/h3-5,9-10,14H,2,13H2,1H3;1H/t9-,10+;/m0./s1. The molecule has 2 atom stereocenters. The number of rotatable bonds is 3. The van der Waals surface area contributed by atoms with Crippen LogP contribution >= 0.6 is 35.6 Å². The second-order valence-electron chi connectivity index (χ2n) is 3.17. The van der Waals surface area contributed by atoms with Crippen LogP contribution in [0, 0.1) is 0 Å². The van der Waals surface area contributed by atoms with Gasteiger partial charge in [0.25, 0.3) is 0 Å². The predicted molar refractivity (Wildman–Crippen MR) is 66.9 cm³/mol. The van der Waals surface area contributed by atoms with Crippen molar-refractivity contribution in [3.8, 4) is 0 Å². The van der Waals surface area contributed by atoms with Gasteiger partial charge in [0, 0.05) is 10.0 Å². The molecule has 0 radical (unpaired) electrons. The van der Waals surface area contributed by atoms with Crippen LogP contribution in [0.5, 0.6) is 0 Å². The normalized spacial score (nSPS) is 14.2. The van der Waals surface area contributed by atoms with Gasteiger partial charge in [0.1, 0.15) is 0 Å². The highest BCUT2D eigenvalue weighted by molar-refractivity contribution is 6.35. The maximum absolute atomic E-state index is 9.56. The van der Waals surface area contributed by atoms with E-state index in [0.29, 0.717) is 16.5 Å². The Balaban J connectivity index is 0.00000196. The summed E-state index contributed by atoms with van der Waals surface area (Å²) in [5, 5.41) is 10.6. The number of halogens is 3. The summed E-state index contributed by atoms with van der Waals surface area (Å²) in [6, 6.07) is 4.63. The van der Waals surface area contributed by atoms with Crippen LogP contribution in [0.15, 0.2) is 18.2 Å². The molecule has 0 aliphatic heterocycles. The third kappa shape index (κ3) is 3.82. The van der Waals surface area contributed by atoms with Gasteiger partial charge < -0.3 is 10.8 Å². The van der Waals surface area contributed by atoms with E-state index in [1.165, 1.54) is 0 Å². The van der Waals surface area contributed by atoms with E-state index >= 15 is 0 Å². The Morgan fingerprint density at radius 2 is 2.00 bits per heavy atom. The van der Waals surface area contributed by atoms with E-state index in [1.807, 2.05) is 6.92 Å². The van der Waals surface area contributed by atoms with Crippen LogP contribution in [-0.4, -0.2) is 11.2 Å². The Morgan fingerprint density at radius 3 is 2.47 bits per heavy atom. The molecule has 0 aliphatic carbocycles. The summed E-state index contributed by atoms with van der Waals surface area (Å²) in [5.74, 6) is 0. The Labute approximate surface area is 106 Å². The molecule has 0 aromatic heterocycles. The van der Waals surface area contributed by atoms with Crippen LogP contribution in [0.2, 0.25) is 10.0 Å². The molecule has 3 N–H and O–H groups in total. The van der Waals surface area contributed by atoms with E-state index in [4.69, 9.17) is 28.9 Å². The van der Waals surface area contributed by atoms with Crippen molar-refractivity contribution in [2.75, 3.05) is 0 Å². The first-order chi connectivity index (χ1) is 6.56. The SMILES string of the molecule is CC[C@H](O)[C@H](N)c1ccc(Cl)cc1Cl.Cl. The van der Waals surface area contributed by atoms with Crippen LogP contribution in [0.4, 0.5) is 0 Å². The molecule has 15 heavy (non-hydrogen) atoms. The average Bonchev–Trinajstić information content (AvgIpc) is 2.15. The molecule has 1 aromatic carbocycles. The zero-order valence-corrected chi connectivity index (χ0v) is 10.6. The molecule has 1 rings (SSSR count). The second kappa shape index (κ2) is 6.56. The largest absolute Gasteiger partial charge is 0.391 e. The molecule has 0 unspecified atom stereocenters. The number of nitrogens with two attached hydrogens (primary N) is 1. The lowest BCUT2D eigenvalue weighted by Crippen LogP contribution is -2.25. The molecule has 86 valence electrons. The van der Waals surface area contributed by atoms with Crippen molar-refractivity contribution in [2.24, 2.45) is 5.73 Å². The first-order valence-corrected chi connectivity index (χ1v) is 5.20. The molecule has 0 amide bonds. The maximum Gasteiger partial charge on any atom is 0.0730 e. The third-order valence-electron chi connectivity index (χ3n) is 2.15. The van der Waals surface area contributed by atoms with Crippen molar-refractivity contribution in [1.29, 1.82) is 0 Å². The first kappa shape index (κ1) is 15.0. The predicted octanol–water partition coefficient (Wildman–Crippen LogP) is 3.19. The van der Waals surface area contributed by atoms with Crippen molar-refractivity contribution in [3.63, 3.8) is 0 Å². The Morgan fingerprint density at radius 1 is 1.40 bits per heavy atom. The number of aliphatic hydroxyl groups excluding tert-OH is 1. The fourth-order valence-corrected chi connectivity index (χ4v) is 1.77. The number of hydrogen-bond donors (Lipinski definition) is 2. The molecule has 0 aliphatic rings. The molecule has 0 saturated heterocycles. The Bertz CT molecular complexity index is 320. The molecule has 1 aromatic rings. The first-order valence-electron chi connectivity index (χ1n) is 4.44. The van der Waals surface area contributed by atoms with Gasteiger partial charge in [-0.2, -0.15) is 0 Å².